The fraction of sp³-hybridized carbons (Fsp3) is 0.444. The molecule has 50 heavy (non-hydrogen) atoms. The summed E-state index contributed by atoms with van der Waals surface area (Å²) in [5.74, 6) is 0.162. The van der Waals surface area contributed by atoms with Crippen molar-refractivity contribution in [1.29, 1.82) is 5.26 Å². The molecule has 3 aromatic rings. The third kappa shape index (κ3) is 6.23. The molecule has 2 aromatic carbocycles. The van der Waals surface area contributed by atoms with Gasteiger partial charge in [0.15, 0.2) is 0 Å². The average Bonchev–Trinajstić information content (AvgIpc) is 3.79. The van der Waals surface area contributed by atoms with E-state index in [9.17, 15) is 10.1 Å². The molecule has 0 atom stereocenters. The molecule has 0 spiro atoms. The molecule has 2 saturated heterocycles. The summed E-state index contributed by atoms with van der Waals surface area (Å²) in [6, 6.07) is 5.37. The summed E-state index contributed by atoms with van der Waals surface area (Å²) in [5.41, 5.74) is 9.42. The number of anilines is 1. The van der Waals surface area contributed by atoms with Crippen LogP contribution >= 0.6 is 23.4 Å². The lowest BCUT2D eigenvalue weighted by molar-refractivity contribution is 0.0546. The maximum absolute atomic E-state index is 15.5. The van der Waals surface area contributed by atoms with Gasteiger partial charge in [0.05, 0.1) is 51.7 Å². The second kappa shape index (κ2) is 13.2. The van der Waals surface area contributed by atoms with E-state index in [4.69, 9.17) is 41.5 Å². The van der Waals surface area contributed by atoms with Crippen LogP contribution in [-0.4, -0.2) is 64.1 Å². The fourth-order valence-corrected chi connectivity index (χ4v) is 8.93. The summed E-state index contributed by atoms with van der Waals surface area (Å²) in [7, 11) is 0. The fourth-order valence-electron chi connectivity index (χ4n) is 7.51. The molecule has 1 aromatic heterocycles. The SMILES string of the molecule is C=C(N)CNc1nc(OCC23CCCN2CCC3)nc2c(Cl)c(-c3ccc(F)c4c3C(C#N)=C(NC(=O)OC(C)(C)C)CS4)c3c(c12)COC3. The first-order valence-electron chi connectivity index (χ1n) is 16.7. The van der Waals surface area contributed by atoms with Crippen molar-refractivity contribution in [2.75, 3.05) is 37.3 Å². The van der Waals surface area contributed by atoms with E-state index in [0.717, 1.165) is 49.9 Å². The predicted octanol–water partition coefficient (Wildman–Crippen LogP) is 6.88. The molecule has 2 fully saturated rings. The molecule has 7 rings (SSSR count). The van der Waals surface area contributed by atoms with E-state index < -0.39 is 17.5 Å². The highest BCUT2D eigenvalue weighted by Crippen LogP contribution is 2.50. The van der Waals surface area contributed by atoms with Gasteiger partial charge in [-0.15, -0.1) is 11.8 Å². The van der Waals surface area contributed by atoms with E-state index in [-0.39, 0.29) is 52.6 Å². The molecule has 0 saturated carbocycles. The van der Waals surface area contributed by atoms with Crippen LogP contribution < -0.4 is 21.1 Å². The van der Waals surface area contributed by atoms with E-state index in [1.165, 1.54) is 17.8 Å². The van der Waals surface area contributed by atoms with Gasteiger partial charge in [-0.1, -0.05) is 24.2 Å². The van der Waals surface area contributed by atoms with E-state index in [1.54, 1.807) is 26.8 Å². The molecule has 0 bridgehead atoms. The zero-order valence-electron chi connectivity index (χ0n) is 28.3. The highest BCUT2D eigenvalue weighted by atomic mass is 35.5. The molecular weight excluding hydrogens is 681 g/mol. The number of alkyl carbamates (subject to hydrolysis) is 1. The van der Waals surface area contributed by atoms with E-state index in [1.807, 2.05) is 0 Å². The van der Waals surface area contributed by atoms with Gasteiger partial charge in [0.25, 0.3) is 0 Å². The van der Waals surface area contributed by atoms with Gasteiger partial charge in [-0.3, -0.25) is 10.2 Å². The molecule has 0 unspecified atom stereocenters. The number of amides is 1. The number of allylic oxidation sites excluding steroid dienone is 1. The molecule has 4 aliphatic rings. The second-order valence-electron chi connectivity index (χ2n) is 14.1. The molecular formula is C36H39ClFN7O4S. The lowest BCUT2D eigenvalue weighted by Crippen LogP contribution is -2.43. The van der Waals surface area contributed by atoms with E-state index >= 15 is 4.39 Å². The van der Waals surface area contributed by atoms with Crippen molar-refractivity contribution < 1.29 is 23.4 Å². The topological polar surface area (TPSA) is 148 Å². The molecule has 0 radical (unpaired) electrons. The van der Waals surface area contributed by atoms with E-state index in [2.05, 4.69) is 28.2 Å². The summed E-state index contributed by atoms with van der Waals surface area (Å²) in [6.45, 7) is 12.4. The van der Waals surface area contributed by atoms with Crippen molar-refractivity contribution in [2.24, 2.45) is 5.73 Å². The van der Waals surface area contributed by atoms with Crippen molar-refractivity contribution in [3.63, 3.8) is 0 Å². The Labute approximate surface area is 299 Å². The Bertz CT molecular complexity index is 2000. The quantitative estimate of drug-likeness (QED) is 0.224. The van der Waals surface area contributed by atoms with Gasteiger partial charge in [0, 0.05) is 28.3 Å². The number of nitrogens with zero attached hydrogens (tertiary/aromatic N) is 4. The van der Waals surface area contributed by atoms with Gasteiger partial charge in [0.1, 0.15) is 29.9 Å². The lowest BCUT2D eigenvalue weighted by atomic mass is 9.88. The average molecular weight is 720 g/mol. The van der Waals surface area contributed by atoms with Crippen molar-refractivity contribution in [3.8, 4) is 23.2 Å². The Morgan fingerprint density at radius 1 is 1.22 bits per heavy atom. The number of benzene rings is 2. The zero-order valence-corrected chi connectivity index (χ0v) is 29.9. The number of hydrogen-bond donors (Lipinski definition) is 3. The Kier molecular flexibility index (Phi) is 9.09. The summed E-state index contributed by atoms with van der Waals surface area (Å²) < 4.78 is 33.3. The first-order valence-corrected chi connectivity index (χ1v) is 18.0. The van der Waals surface area contributed by atoms with Gasteiger partial charge < -0.3 is 25.3 Å². The Morgan fingerprint density at radius 2 is 1.96 bits per heavy atom. The zero-order chi connectivity index (χ0) is 35.4. The Balaban J connectivity index is 1.39. The Morgan fingerprint density at radius 3 is 2.66 bits per heavy atom. The van der Waals surface area contributed by atoms with Gasteiger partial charge in [-0.25, -0.2) is 9.18 Å². The second-order valence-corrected chi connectivity index (χ2v) is 15.5. The monoisotopic (exact) mass is 719 g/mol. The molecule has 262 valence electrons. The predicted molar refractivity (Wildman–Crippen MR) is 191 cm³/mol. The number of nitrogens with two attached hydrogens (primary N) is 1. The summed E-state index contributed by atoms with van der Waals surface area (Å²) >= 11 is 8.56. The number of carbonyl (C=O) groups is 1. The summed E-state index contributed by atoms with van der Waals surface area (Å²) in [5, 5.41) is 17.4. The number of nitriles is 1. The number of rotatable bonds is 8. The third-order valence-corrected chi connectivity index (χ3v) is 11.1. The van der Waals surface area contributed by atoms with Crippen LogP contribution in [0.3, 0.4) is 0 Å². The van der Waals surface area contributed by atoms with Crippen LogP contribution in [0.1, 0.15) is 63.1 Å². The van der Waals surface area contributed by atoms with Gasteiger partial charge in [-0.2, -0.15) is 15.2 Å². The molecule has 1 amide bonds. The first kappa shape index (κ1) is 34.4. The van der Waals surface area contributed by atoms with Gasteiger partial charge in [-0.05, 0) is 82.3 Å². The number of fused-ring (bicyclic) bond motifs is 5. The number of thioether (sulfide) groups is 1. The van der Waals surface area contributed by atoms with Crippen LogP contribution in [0.15, 0.2) is 35.0 Å². The first-order chi connectivity index (χ1) is 23.9. The van der Waals surface area contributed by atoms with Crippen LogP contribution in [0.2, 0.25) is 5.02 Å². The maximum atomic E-state index is 15.5. The van der Waals surface area contributed by atoms with Crippen LogP contribution in [0, 0.1) is 17.1 Å². The van der Waals surface area contributed by atoms with Crippen LogP contribution in [0.5, 0.6) is 6.01 Å². The minimum absolute atomic E-state index is 0.0336. The highest BCUT2D eigenvalue weighted by molar-refractivity contribution is 7.99. The maximum Gasteiger partial charge on any atom is 0.411 e. The molecule has 14 heteroatoms. The molecule has 0 aliphatic carbocycles. The number of hydrogen-bond acceptors (Lipinski definition) is 11. The normalized spacial score (nSPS) is 18.0. The standard InChI is InChI=1S/C36H39ClFN7O4S/c1-19(40)14-41-32-28-23-16-47-15-22(23)26(29(37)30(28)43-33(44-32)48-18-36-9-5-11-45(36)12-6-10-36)20-7-8-24(38)31-27(20)21(13-39)25(17-50-31)42-34(46)49-35(2,3)4/h7-8H,1,5-6,9-12,14-18,40H2,2-4H3,(H,42,46)(H,41,43,44). The number of ether oxygens (including phenoxy) is 3. The van der Waals surface area contributed by atoms with Crippen LogP contribution in [-0.2, 0) is 22.7 Å². The number of carbonyl (C=O) groups excluding carboxylic acids is 1. The van der Waals surface area contributed by atoms with Crippen LogP contribution in [0.4, 0.5) is 15.0 Å². The number of halogens is 2. The van der Waals surface area contributed by atoms with Crippen molar-refractivity contribution >= 4 is 51.7 Å². The summed E-state index contributed by atoms with van der Waals surface area (Å²) in [6.07, 6.45) is 3.66. The molecule has 11 nitrogen and oxygen atoms in total. The third-order valence-electron chi connectivity index (χ3n) is 9.60. The minimum Gasteiger partial charge on any atom is -0.461 e. The largest absolute Gasteiger partial charge is 0.461 e. The number of nitrogens with one attached hydrogen (secondary N) is 2. The van der Waals surface area contributed by atoms with Gasteiger partial charge >= 0.3 is 12.1 Å². The molecule has 4 aliphatic heterocycles. The smallest absolute Gasteiger partial charge is 0.411 e. The highest BCUT2D eigenvalue weighted by Gasteiger charge is 2.45. The summed E-state index contributed by atoms with van der Waals surface area (Å²) in [4.78, 5) is 25.3. The lowest BCUT2D eigenvalue weighted by Gasteiger charge is -2.31. The molecule has 5 heterocycles. The van der Waals surface area contributed by atoms with Crippen molar-refractivity contribution in [2.45, 2.75) is 75.7 Å². The van der Waals surface area contributed by atoms with Crippen molar-refractivity contribution in [1.82, 2.24) is 20.2 Å². The van der Waals surface area contributed by atoms with Crippen LogP contribution in [0.25, 0.3) is 27.6 Å². The van der Waals surface area contributed by atoms with Gasteiger partial charge in [0.2, 0.25) is 0 Å². The number of aromatic nitrogens is 2. The van der Waals surface area contributed by atoms with Crippen molar-refractivity contribution in [3.05, 3.63) is 57.6 Å². The Hall–Kier alpha value is -4.09. The van der Waals surface area contributed by atoms with E-state index in [0.29, 0.717) is 51.4 Å². The molecule has 4 N–H and O–H groups in total. The minimum atomic E-state index is -0.754.